The van der Waals surface area contributed by atoms with Gasteiger partial charge in [-0.25, -0.2) is 14.2 Å². The van der Waals surface area contributed by atoms with Crippen molar-refractivity contribution in [3.05, 3.63) is 72.4 Å². The van der Waals surface area contributed by atoms with Crippen LogP contribution in [-0.2, 0) is 6.54 Å². The Morgan fingerprint density at radius 3 is 2.78 bits per heavy atom. The van der Waals surface area contributed by atoms with Crippen LogP contribution < -0.4 is 15.0 Å². The van der Waals surface area contributed by atoms with Gasteiger partial charge in [0.2, 0.25) is 11.8 Å². The highest BCUT2D eigenvalue weighted by Crippen LogP contribution is 2.23. The maximum Gasteiger partial charge on any atom is 0.322 e. The Bertz CT molecular complexity index is 1040. The molecule has 0 radical (unpaired) electrons. The van der Waals surface area contributed by atoms with Gasteiger partial charge in [0.1, 0.15) is 5.82 Å². The predicted octanol–water partition coefficient (Wildman–Crippen LogP) is 3.72. The van der Waals surface area contributed by atoms with Crippen molar-refractivity contribution in [3.63, 3.8) is 0 Å². The standard InChI is InChI=1S/C23H25FN6O2/c1-32-21-7-11-26-22(28-21)29-12-8-20(9-13-29)30(16-17-4-3-10-25-15-17)23(31)27-19-6-2-5-18(24)14-19/h2-7,10-11,14-15,20H,8-9,12-13,16H2,1H3,(H,27,31). The number of methoxy groups -OCH3 is 1. The first-order valence-electron chi connectivity index (χ1n) is 10.5. The van der Waals surface area contributed by atoms with Gasteiger partial charge in [-0.3, -0.25) is 4.98 Å². The van der Waals surface area contributed by atoms with Crippen LogP contribution in [0.3, 0.4) is 0 Å². The number of piperidine rings is 1. The Labute approximate surface area is 186 Å². The maximum atomic E-state index is 13.6. The van der Waals surface area contributed by atoms with Crippen molar-refractivity contribution in [2.75, 3.05) is 30.4 Å². The molecule has 1 aliphatic heterocycles. The van der Waals surface area contributed by atoms with Crippen molar-refractivity contribution in [1.29, 1.82) is 0 Å². The van der Waals surface area contributed by atoms with E-state index in [4.69, 9.17) is 4.74 Å². The molecule has 1 N–H and O–H groups in total. The molecule has 3 aromatic rings. The summed E-state index contributed by atoms with van der Waals surface area (Å²) in [6, 6.07) is 11.1. The topological polar surface area (TPSA) is 83.5 Å². The quantitative estimate of drug-likeness (QED) is 0.634. The summed E-state index contributed by atoms with van der Waals surface area (Å²) in [6.45, 7) is 1.82. The molecule has 1 fully saturated rings. The number of pyridine rings is 1. The molecule has 2 amide bonds. The number of ether oxygens (including phenoxy) is 1. The van der Waals surface area contributed by atoms with E-state index >= 15 is 0 Å². The molecule has 1 saturated heterocycles. The van der Waals surface area contributed by atoms with Crippen molar-refractivity contribution in [3.8, 4) is 5.88 Å². The lowest BCUT2D eigenvalue weighted by Crippen LogP contribution is -2.48. The van der Waals surface area contributed by atoms with Crippen LogP contribution in [0, 0.1) is 5.82 Å². The summed E-state index contributed by atoms with van der Waals surface area (Å²) in [6.07, 6.45) is 6.62. The molecule has 166 valence electrons. The van der Waals surface area contributed by atoms with E-state index in [-0.39, 0.29) is 12.1 Å². The van der Waals surface area contributed by atoms with Crippen molar-refractivity contribution in [2.45, 2.75) is 25.4 Å². The summed E-state index contributed by atoms with van der Waals surface area (Å²) in [5.41, 5.74) is 1.36. The third-order valence-electron chi connectivity index (χ3n) is 5.43. The summed E-state index contributed by atoms with van der Waals surface area (Å²) in [5, 5.41) is 2.83. The van der Waals surface area contributed by atoms with Crippen molar-refractivity contribution < 1.29 is 13.9 Å². The molecular formula is C23H25FN6O2. The first kappa shape index (κ1) is 21.5. The lowest BCUT2D eigenvalue weighted by Gasteiger charge is -2.38. The summed E-state index contributed by atoms with van der Waals surface area (Å²) in [4.78, 5) is 30.0. The molecule has 4 rings (SSSR count). The highest BCUT2D eigenvalue weighted by molar-refractivity contribution is 5.89. The zero-order valence-corrected chi connectivity index (χ0v) is 17.8. The van der Waals surface area contributed by atoms with Crippen LogP contribution >= 0.6 is 0 Å². The van der Waals surface area contributed by atoms with Gasteiger partial charge in [-0.05, 0) is 42.7 Å². The van der Waals surface area contributed by atoms with E-state index in [1.54, 1.807) is 48.8 Å². The van der Waals surface area contributed by atoms with Gasteiger partial charge >= 0.3 is 6.03 Å². The number of halogens is 1. The number of anilines is 2. The van der Waals surface area contributed by atoms with E-state index in [2.05, 4.69) is 25.2 Å². The zero-order valence-electron chi connectivity index (χ0n) is 17.8. The third-order valence-corrected chi connectivity index (χ3v) is 5.43. The third kappa shape index (κ3) is 5.29. The fourth-order valence-electron chi connectivity index (χ4n) is 3.79. The Morgan fingerprint density at radius 2 is 2.06 bits per heavy atom. The highest BCUT2D eigenvalue weighted by Gasteiger charge is 2.29. The number of carbonyl (C=O) groups is 1. The number of nitrogens with zero attached hydrogens (tertiary/aromatic N) is 5. The summed E-state index contributed by atoms with van der Waals surface area (Å²) >= 11 is 0. The van der Waals surface area contributed by atoms with E-state index < -0.39 is 5.82 Å². The molecule has 1 aliphatic rings. The number of amides is 2. The van der Waals surface area contributed by atoms with Gasteiger partial charge in [0, 0.05) is 56.0 Å². The van der Waals surface area contributed by atoms with Gasteiger partial charge in [0.15, 0.2) is 0 Å². The maximum absolute atomic E-state index is 13.6. The van der Waals surface area contributed by atoms with E-state index in [1.165, 1.54) is 12.1 Å². The second kappa shape index (κ2) is 10.0. The predicted molar refractivity (Wildman–Crippen MR) is 119 cm³/mol. The van der Waals surface area contributed by atoms with Crippen LogP contribution in [0.4, 0.5) is 20.8 Å². The van der Waals surface area contributed by atoms with Crippen molar-refractivity contribution in [2.24, 2.45) is 0 Å². The normalized spacial score (nSPS) is 14.1. The second-order valence-electron chi connectivity index (χ2n) is 7.55. The molecule has 0 saturated carbocycles. The minimum Gasteiger partial charge on any atom is -0.481 e. The molecule has 0 spiro atoms. The number of urea groups is 1. The van der Waals surface area contributed by atoms with Crippen molar-refractivity contribution >= 4 is 17.7 Å². The van der Waals surface area contributed by atoms with Crippen LogP contribution in [0.25, 0.3) is 0 Å². The number of benzene rings is 1. The van der Waals surface area contributed by atoms with Crippen LogP contribution in [-0.4, -0.2) is 52.1 Å². The first-order valence-corrected chi connectivity index (χ1v) is 10.5. The Balaban J connectivity index is 1.48. The van der Waals surface area contributed by atoms with E-state index in [0.717, 1.165) is 18.4 Å². The summed E-state index contributed by atoms with van der Waals surface area (Å²) in [7, 11) is 1.58. The Hall–Kier alpha value is -3.75. The number of nitrogens with one attached hydrogen (secondary N) is 1. The Morgan fingerprint density at radius 1 is 1.22 bits per heavy atom. The number of hydrogen-bond donors (Lipinski definition) is 1. The number of rotatable bonds is 6. The Kier molecular flexibility index (Phi) is 6.74. The number of aromatic nitrogens is 3. The highest BCUT2D eigenvalue weighted by atomic mass is 19.1. The summed E-state index contributed by atoms with van der Waals surface area (Å²) in [5.74, 6) is 0.740. The molecule has 9 heteroatoms. The average Bonchev–Trinajstić information content (AvgIpc) is 2.83. The smallest absolute Gasteiger partial charge is 0.322 e. The molecule has 8 nitrogen and oxygen atoms in total. The fraction of sp³-hybridized carbons (Fsp3) is 0.304. The molecule has 0 bridgehead atoms. The van der Waals surface area contributed by atoms with Gasteiger partial charge in [0.25, 0.3) is 0 Å². The molecule has 0 unspecified atom stereocenters. The molecule has 0 atom stereocenters. The minimum absolute atomic E-state index is 0.00521. The molecule has 3 heterocycles. The van der Waals surface area contributed by atoms with E-state index in [1.807, 2.05) is 12.1 Å². The van der Waals surface area contributed by atoms with Crippen molar-refractivity contribution in [1.82, 2.24) is 19.9 Å². The summed E-state index contributed by atoms with van der Waals surface area (Å²) < 4.78 is 18.8. The molecule has 1 aromatic carbocycles. The molecule has 32 heavy (non-hydrogen) atoms. The zero-order chi connectivity index (χ0) is 22.3. The minimum atomic E-state index is -0.395. The SMILES string of the molecule is COc1ccnc(N2CCC(N(Cc3cccnc3)C(=O)Nc3cccc(F)c3)CC2)n1. The van der Waals surface area contributed by atoms with Gasteiger partial charge in [-0.2, -0.15) is 4.98 Å². The van der Waals surface area contributed by atoms with Crippen LogP contribution in [0.1, 0.15) is 18.4 Å². The fourth-order valence-corrected chi connectivity index (χ4v) is 3.79. The van der Waals surface area contributed by atoms with Gasteiger partial charge < -0.3 is 19.9 Å². The van der Waals surface area contributed by atoms with Crippen LogP contribution in [0.15, 0.2) is 61.1 Å². The van der Waals surface area contributed by atoms with Gasteiger partial charge in [-0.15, -0.1) is 0 Å². The lowest BCUT2D eigenvalue weighted by molar-refractivity contribution is 0.170. The molecule has 2 aromatic heterocycles. The monoisotopic (exact) mass is 436 g/mol. The van der Waals surface area contributed by atoms with Crippen LogP contribution in [0.5, 0.6) is 5.88 Å². The average molecular weight is 436 g/mol. The number of hydrogen-bond acceptors (Lipinski definition) is 6. The molecular weight excluding hydrogens is 411 g/mol. The largest absolute Gasteiger partial charge is 0.481 e. The van der Waals surface area contributed by atoms with E-state index in [9.17, 15) is 9.18 Å². The van der Waals surface area contributed by atoms with Gasteiger partial charge in [0.05, 0.1) is 7.11 Å². The van der Waals surface area contributed by atoms with E-state index in [0.29, 0.717) is 37.1 Å². The lowest BCUT2D eigenvalue weighted by atomic mass is 10.0. The second-order valence-corrected chi connectivity index (χ2v) is 7.55. The molecule has 0 aliphatic carbocycles. The number of carbonyl (C=O) groups excluding carboxylic acids is 1. The first-order chi connectivity index (χ1) is 15.6. The van der Waals surface area contributed by atoms with Crippen LogP contribution in [0.2, 0.25) is 0 Å². The van der Waals surface area contributed by atoms with Gasteiger partial charge in [-0.1, -0.05) is 12.1 Å².